The average Bonchev–Trinajstić information content (AvgIpc) is 2.60. The van der Waals surface area contributed by atoms with Crippen LogP contribution in [0.1, 0.15) is 12.5 Å². The molecule has 0 aliphatic rings. The highest BCUT2D eigenvalue weighted by molar-refractivity contribution is 5.87. The Morgan fingerprint density at radius 3 is 2.42 bits per heavy atom. The number of benzene rings is 2. The van der Waals surface area contributed by atoms with E-state index in [0.29, 0.717) is 28.5 Å². The number of hydrogen-bond donors (Lipinski definition) is 1. The molecule has 2 aromatic carbocycles. The third-order valence-electron chi connectivity index (χ3n) is 3.30. The molecule has 6 nitrogen and oxygen atoms in total. The highest BCUT2D eigenvalue weighted by Gasteiger charge is 2.18. The van der Waals surface area contributed by atoms with Gasteiger partial charge in [-0.25, -0.2) is 4.79 Å². The second kappa shape index (κ2) is 8.01. The molecule has 24 heavy (non-hydrogen) atoms. The fourth-order valence-corrected chi connectivity index (χ4v) is 2.02. The van der Waals surface area contributed by atoms with Crippen molar-refractivity contribution in [2.45, 2.75) is 13.0 Å². The molecule has 0 radical (unpaired) electrons. The molecular formula is C18H19NO5. The van der Waals surface area contributed by atoms with Crippen LogP contribution >= 0.6 is 0 Å². The van der Waals surface area contributed by atoms with E-state index in [0.717, 1.165) is 0 Å². The van der Waals surface area contributed by atoms with Crippen molar-refractivity contribution < 1.29 is 24.1 Å². The van der Waals surface area contributed by atoms with Crippen LogP contribution < -0.4 is 14.2 Å². The number of ether oxygens (including phenoxy) is 3. The molecule has 0 aromatic heterocycles. The van der Waals surface area contributed by atoms with Gasteiger partial charge >= 0.3 is 5.97 Å². The lowest BCUT2D eigenvalue weighted by molar-refractivity contribution is -0.144. The van der Waals surface area contributed by atoms with E-state index < -0.39 is 12.1 Å². The van der Waals surface area contributed by atoms with E-state index in [4.69, 9.17) is 19.3 Å². The van der Waals surface area contributed by atoms with E-state index in [9.17, 15) is 4.79 Å². The van der Waals surface area contributed by atoms with Gasteiger partial charge in [0.05, 0.1) is 14.2 Å². The zero-order valence-corrected chi connectivity index (χ0v) is 13.7. The molecule has 1 N–H and O–H groups in total. The lowest BCUT2D eigenvalue weighted by Gasteiger charge is -2.15. The number of methoxy groups -OCH3 is 2. The first-order valence-corrected chi connectivity index (χ1v) is 7.30. The standard InChI is InChI=1S/C18H19NO5/c1-12(18(20)21)24-17-13(7-6-10-16(17)23-3)11-19-14-8-4-5-9-15(14)22-2/h4-12H,1-3H3,(H,20,21)/t12-/m0/s1. The van der Waals surface area contributed by atoms with Gasteiger partial charge in [-0.15, -0.1) is 0 Å². The van der Waals surface area contributed by atoms with Gasteiger partial charge in [-0.05, 0) is 31.2 Å². The van der Waals surface area contributed by atoms with Gasteiger partial charge in [0, 0.05) is 11.8 Å². The number of carbonyl (C=O) groups is 1. The monoisotopic (exact) mass is 329 g/mol. The Bertz CT molecular complexity index is 742. The molecule has 0 spiro atoms. The Morgan fingerprint density at radius 2 is 1.75 bits per heavy atom. The molecule has 2 aromatic rings. The number of aliphatic carboxylic acids is 1. The van der Waals surface area contributed by atoms with E-state index in [2.05, 4.69) is 4.99 Å². The normalized spacial score (nSPS) is 12.0. The van der Waals surface area contributed by atoms with Crippen molar-refractivity contribution in [2.24, 2.45) is 4.99 Å². The Kier molecular flexibility index (Phi) is 5.78. The van der Waals surface area contributed by atoms with Crippen LogP contribution in [0.5, 0.6) is 17.2 Å². The van der Waals surface area contributed by atoms with Gasteiger partial charge in [-0.2, -0.15) is 0 Å². The Balaban J connectivity index is 2.39. The average molecular weight is 329 g/mol. The highest BCUT2D eigenvalue weighted by Crippen LogP contribution is 2.32. The second-order valence-electron chi connectivity index (χ2n) is 4.91. The summed E-state index contributed by atoms with van der Waals surface area (Å²) in [5, 5.41) is 9.06. The summed E-state index contributed by atoms with van der Waals surface area (Å²) in [5.41, 5.74) is 1.26. The van der Waals surface area contributed by atoms with Crippen molar-refractivity contribution in [1.29, 1.82) is 0 Å². The predicted molar refractivity (Wildman–Crippen MR) is 91.0 cm³/mol. The van der Waals surface area contributed by atoms with Gasteiger partial charge in [-0.3, -0.25) is 4.99 Å². The number of aliphatic imine (C=N–C) groups is 1. The smallest absolute Gasteiger partial charge is 0.344 e. The largest absolute Gasteiger partial charge is 0.494 e. The van der Waals surface area contributed by atoms with Crippen molar-refractivity contribution in [1.82, 2.24) is 0 Å². The summed E-state index contributed by atoms with van der Waals surface area (Å²) >= 11 is 0. The van der Waals surface area contributed by atoms with Crippen molar-refractivity contribution in [2.75, 3.05) is 14.2 Å². The van der Waals surface area contributed by atoms with Crippen molar-refractivity contribution in [3.63, 3.8) is 0 Å². The maximum atomic E-state index is 11.1. The summed E-state index contributed by atoms with van der Waals surface area (Å²) in [6.45, 7) is 1.45. The van der Waals surface area contributed by atoms with E-state index in [1.54, 1.807) is 31.5 Å². The third kappa shape index (κ3) is 4.04. The van der Waals surface area contributed by atoms with Gasteiger partial charge in [0.25, 0.3) is 0 Å². The summed E-state index contributed by atoms with van der Waals surface area (Å²) in [5.74, 6) is 0.340. The van der Waals surface area contributed by atoms with Gasteiger partial charge in [-0.1, -0.05) is 18.2 Å². The van der Waals surface area contributed by atoms with Gasteiger partial charge in [0.15, 0.2) is 17.6 Å². The van der Waals surface area contributed by atoms with Gasteiger partial charge in [0.1, 0.15) is 11.4 Å². The molecule has 0 aliphatic heterocycles. The fourth-order valence-electron chi connectivity index (χ4n) is 2.02. The lowest BCUT2D eigenvalue weighted by Crippen LogP contribution is -2.23. The minimum absolute atomic E-state index is 0.327. The number of rotatable bonds is 7. The first-order valence-electron chi connectivity index (χ1n) is 7.30. The number of hydrogen-bond acceptors (Lipinski definition) is 5. The van der Waals surface area contributed by atoms with Crippen LogP contribution in [-0.4, -0.2) is 37.6 Å². The third-order valence-corrected chi connectivity index (χ3v) is 3.30. The van der Waals surface area contributed by atoms with E-state index in [1.165, 1.54) is 14.0 Å². The molecule has 0 aliphatic carbocycles. The summed E-state index contributed by atoms with van der Waals surface area (Å²) < 4.78 is 16.0. The van der Waals surface area contributed by atoms with Gasteiger partial charge < -0.3 is 19.3 Å². The minimum atomic E-state index is -1.06. The molecule has 0 saturated heterocycles. The zero-order chi connectivity index (χ0) is 17.5. The number of para-hydroxylation sites is 3. The minimum Gasteiger partial charge on any atom is -0.494 e. The van der Waals surface area contributed by atoms with Gasteiger partial charge in [0.2, 0.25) is 0 Å². The molecule has 0 unspecified atom stereocenters. The maximum Gasteiger partial charge on any atom is 0.344 e. The second-order valence-corrected chi connectivity index (χ2v) is 4.91. The van der Waals surface area contributed by atoms with E-state index in [1.807, 2.05) is 24.3 Å². The first-order chi connectivity index (χ1) is 11.6. The van der Waals surface area contributed by atoms with Crippen LogP contribution in [0.3, 0.4) is 0 Å². The number of carboxylic acids is 1. The van der Waals surface area contributed by atoms with Crippen molar-refractivity contribution >= 4 is 17.9 Å². The molecule has 2 rings (SSSR count). The zero-order valence-electron chi connectivity index (χ0n) is 13.7. The molecule has 0 saturated carbocycles. The van der Waals surface area contributed by atoms with Crippen LogP contribution in [0, 0.1) is 0 Å². The van der Waals surface area contributed by atoms with Crippen molar-refractivity contribution in [3.05, 3.63) is 48.0 Å². The summed E-state index contributed by atoms with van der Waals surface area (Å²) in [7, 11) is 3.07. The molecule has 0 heterocycles. The predicted octanol–water partition coefficient (Wildman–Crippen LogP) is 3.31. The molecule has 0 fully saturated rings. The van der Waals surface area contributed by atoms with Crippen LogP contribution in [0.25, 0.3) is 0 Å². The van der Waals surface area contributed by atoms with Crippen LogP contribution in [0.2, 0.25) is 0 Å². The summed E-state index contributed by atoms with van der Waals surface area (Å²) in [4.78, 5) is 15.5. The van der Waals surface area contributed by atoms with Crippen LogP contribution in [-0.2, 0) is 4.79 Å². The molecule has 126 valence electrons. The molecule has 0 bridgehead atoms. The lowest BCUT2D eigenvalue weighted by atomic mass is 10.2. The molecule has 0 amide bonds. The topological polar surface area (TPSA) is 77.3 Å². The maximum absolute atomic E-state index is 11.1. The Morgan fingerprint density at radius 1 is 1.08 bits per heavy atom. The molecule has 6 heteroatoms. The molecular weight excluding hydrogens is 310 g/mol. The van der Waals surface area contributed by atoms with E-state index in [-0.39, 0.29) is 0 Å². The Hall–Kier alpha value is -3.02. The quantitative estimate of drug-likeness (QED) is 0.789. The summed E-state index contributed by atoms with van der Waals surface area (Å²) in [6, 6.07) is 12.6. The highest BCUT2D eigenvalue weighted by atomic mass is 16.5. The van der Waals surface area contributed by atoms with Crippen LogP contribution in [0.15, 0.2) is 47.5 Å². The summed E-state index contributed by atoms with van der Waals surface area (Å²) in [6.07, 6.45) is 0.573. The van der Waals surface area contributed by atoms with Crippen LogP contribution in [0.4, 0.5) is 5.69 Å². The number of nitrogens with zero attached hydrogens (tertiary/aromatic N) is 1. The van der Waals surface area contributed by atoms with E-state index >= 15 is 0 Å². The molecule has 1 atom stereocenters. The van der Waals surface area contributed by atoms with Crippen molar-refractivity contribution in [3.8, 4) is 17.2 Å². The fraction of sp³-hybridized carbons (Fsp3) is 0.222. The SMILES string of the molecule is COc1ccccc1N=Cc1cccc(OC)c1O[C@@H](C)C(=O)O. The Labute approximate surface area is 140 Å². The number of carboxylic acid groups (broad SMARTS) is 1. The first kappa shape index (κ1) is 17.3.